The first-order valence-corrected chi connectivity index (χ1v) is 7.19. The van der Waals surface area contributed by atoms with Crippen molar-refractivity contribution in [3.05, 3.63) is 42.2 Å². The van der Waals surface area contributed by atoms with Gasteiger partial charge in [-0.2, -0.15) is 5.10 Å². The third kappa shape index (κ3) is 4.79. The molecule has 1 aromatic heterocycles. The molecule has 114 valence electrons. The number of hydrogen-bond donors (Lipinski definition) is 1. The Labute approximate surface area is 125 Å². The fraction of sp³-hybridized carbons (Fsp3) is 0.438. The normalized spacial score (nSPS) is 10.9. The number of hydrogen-bond acceptors (Lipinski definition) is 4. The molecule has 0 saturated heterocycles. The lowest BCUT2D eigenvalue weighted by Crippen LogP contribution is -2.22. The Bertz CT molecular complexity index is 538. The summed E-state index contributed by atoms with van der Waals surface area (Å²) in [5.74, 6) is 1.66. The lowest BCUT2D eigenvalue weighted by molar-refractivity contribution is 0.286. The molecular formula is C16H23N3O2. The topological polar surface area (TPSA) is 48.3 Å². The molecule has 21 heavy (non-hydrogen) atoms. The molecular weight excluding hydrogens is 266 g/mol. The number of nitrogens with zero attached hydrogens (tertiary/aromatic N) is 2. The Morgan fingerprint density at radius 2 is 2.19 bits per heavy atom. The van der Waals surface area contributed by atoms with Crippen LogP contribution in [0.15, 0.2) is 36.7 Å². The number of benzene rings is 1. The summed E-state index contributed by atoms with van der Waals surface area (Å²) in [6, 6.07) is 8.27. The first kappa shape index (κ1) is 15.4. The quantitative estimate of drug-likeness (QED) is 0.811. The predicted octanol–water partition coefficient (Wildman–Crippen LogP) is 2.47. The van der Waals surface area contributed by atoms with Crippen LogP contribution in [-0.2, 0) is 13.1 Å². The Balaban J connectivity index is 1.99. The first-order chi connectivity index (χ1) is 10.2. The Morgan fingerprint density at radius 1 is 1.33 bits per heavy atom. The van der Waals surface area contributed by atoms with Gasteiger partial charge in [-0.05, 0) is 12.1 Å². The summed E-state index contributed by atoms with van der Waals surface area (Å²) in [5.41, 5.74) is 1.13. The van der Waals surface area contributed by atoms with Crippen molar-refractivity contribution in [2.45, 2.75) is 33.0 Å². The van der Waals surface area contributed by atoms with Crippen LogP contribution in [-0.4, -0.2) is 29.5 Å². The highest BCUT2D eigenvalue weighted by molar-refractivity contribution is 5.40. The molecule has 5 heteroatoms. The fourth-order valence-electron chi connectivity index (χ4n) is 1.94. The SMILES string of the molecule is COc1ccc(CNC(C)C)c(OCCn2cccn2)c1. The van der Waals surface area contributed by atoms with Gasteiger partial charge in [0.05, 0.1) is 13.7 Å². The maximum atomic E-state index is 5.90. The van der Waals surface area contributed by atoms with Crippen molar-refractivity contribution in [3.8, 4) is 11.5 Å². The average molecular weight is 289 g/mol. The minimum atomic E-state index is 0.434. The van der Waals surface area contributed by atoms with Crippen LogP contribution in [0.2, 0.25) is 0 Å². The van der Waals surface area contributed by atoms with E-state index in [1.807, 2.05) is 35.1 Å². The van der Waals surface area contributed by atoms with Crippen molar-refractivity contribution in [3.63, 3.8) is 0 Å². The van der Waals surface area contributed by atoms with E-state index in [9.17, 15) is 0 Å². The van der Waals surface area contributed by atoms with Crippen LogP contribution in [0.5, 0.6) is 11.5 Å². The Kier molecular flexibility index (Phi) is 5.63. The van der Waals surface area contributed by atoms with Crippen LogP contribution in [0.4, 0.5) is 0 Å². The number of nitrogens with one attached hydrogen (secondary N) is 1. The molecule has 0 aliphatic heterocycles. The highest BCUT2D eigenvalue weighted by Crippen LogP contribution is 2.25. The summed E-state index contributed by atoms with van der Waals surface area (Å²) < 4.78 is 13.0. The highest BCUT2D eigenvalue weighted by Gasteiger charge is 2.07. The van der Waals surface area contributed by atoms with Crippen molar-refractivity contribution in [1.82, 2.24) is 15.1 Å². The third-order valence-corrected chi connectivity index (χ3v) is 3.11. The van der Waals surface area contributed by atoms with Gasteiger partial charge in [0.25, 0.3) is 0 Å². The van der Waals surface area contributed by atoms with Gasteiger partial charge in [0.15, 0.2) is 0 Å². The smallest absolute Gasteiger partial charge is 0.127 e. The van der Waals surface area contributed by atoms with E-state index in [1.54, 1.807) is 13.3 Å². The van der Waals surface area contributed by atoms with Crippen molar-refractivity contribution >= 4 is 0 Å². The van der Waals surface area contributed by atoms with Crippen LogP contribution in [0.1, 0.15) is 19.4 Å². The summed E-state index contributed by atoms with van der Waals surface area (Å²) in [5, 5.41) is 7.57. The summed E-state index contributed by atoms with van der Waals surface area (Å²) in [7, 11) is 1.66. The fourth-order valence-corrected chi connectivity index (χ4v) is 1.94. The molecule has 1 N–H and O–H groups in total. The Hall–Kier alpha value is -2.01. The molecule has 0 fully saturated rings. The number of aromatic nitrogens is 2. The molecule has 0 aliphatic rings. The lowest BCUT2D eigenvalue weighted by atomic mass is 10.2. The Morgan fingerprint density at radius 3 is 2.86 bits per heavy atom. The molecule has 0 amide bonds. The molecule has 2 aromatic rings. The van der Waals surface area contributed by atoms with Crippen molar-refractivity contribution in [1.29, 1.82) is 0 Å². The van der Waals surface area contributed by atoms with Crippen LogP contribution < -0.4 is 14.8 Å². The second-order valence-corrected chi connectivity index (χ2v) is 5.13. The summed E-state index contributed by atoms with van der Waals surface area (Å²) in [6.45, 7) is 6.33. The lowest BCUT2D eigenvalue weighted by Gasteiger charge is -2.15. The van der Waals surface area contributed by atoms with Crippen LogP contribution >= 0.6 is 0 Å². The van der Waals surface area contributed by atoms with Gasteiger partial charge < -0.3 is 14.8 Å². The second-order valence-electron chi connectivity index (χ2n) is 5.13. The maximum absolute atomic E-state index is 5.90. The average Bonchev–Trinajstić information content (AvgIpc) is 2.99. The van der Waals surface area contributed by atoms with Crippen molar-refractivity contribution < 1.29 is 9.47 Å². The van der Waals surface area contributed by atoms with Gasteiger partial charge in [-0.15, -0.1) is 0 Å². The van der Waals surface area contributed by atoms with Gasteiger partial charge in [0, 0.05) is 36.6 Å². The monoisotopic (exact) mass is 289 g/mol. The summed E-state index contributed by atoms with van der Waals surface area (Å²) >= 11 is 0. The minimum Gasteiger partial charge on any atom is -0.497 e. The van der Waals surface area contributed by atoms with E-state index >= 15 is 0 Å². The molecule has 0 atom stereocenters. The molecule has 0 saturated carbocycles. The summed E-state index contributed by atoms with van der Waals surface area (Å²) in [6.07, 6.45) is 3.69. The molecule has 0 aliphatic carbocycles. The number of rotatable bonds is 8. The van der Waals surface area contributed by atoms with E-state index in [2.05, 4.69) is 24.3 Å². The predicted molar refractivity (Wildman–Crippen MR) is 82.7 cm³/mol. The molecule has 2 rings (SSSR count). The number of ether oxygens (including phenoxy) is 2. The van der Waals surface area contributed by atoms with Crippen LogP contribution in [0, 0.1) is 0 Å². The zero-order valence-corrected chi connectivity index (χ0v) is 12.9. The van der Waals surface area contributed by atoms with E-state index in [4.69, 9.17) is 9.47 Å². The standard InChI is InChI=1S/C16H23N3O2/c1-13(2)17-12-14-5-6-15(20-3)11-16(14)21-10-9-19-8-4-7-18-19/h4-8,11,13,17H,9-10,12H2,1-3H3. The second kappa shape index (κ2) is 7.69. The maximum Gasteiger partial charge on any atom is 0.127 e. The van der Waals surface area contributed by atoms with E-state index in [0.717, 1.165) is 30.2 Å². The van der Waals surface area contributed by atoms with E-state index in [-0.39, 0.29) is 0 Å². The molecule has 5 nitrogen and oxygen atoms in total. The molecule has 1 aromatic carbocycles. The third-order valence-electron chi connectivity index (χ3n) is 3.11. The highest BCUT2D eigenvalue weighted by atomic mass is 16.5. The van der Waals surface area contributed by atoms with Gasteiger partial charge in [-0.3, -0.25) is 4.68 Å². The minimum absolute atomic E-state index is 0.434. The molecule has 0 unspecified atom stereocenters. The molecule has 0 bridgehead atoms. The van der Waals surface area contributed by atoms with Crippen LogP contribution in [0.3, 0.4) is 0 Å². The zero-order valence-electron chi connectivity index (χ0n) is 12.9. The summed E-state index contributed by atoms with van der Waals surface area (Å²) in [4.78, 5) is 0. The van der Waals surface area contributed by atoms with E-state index < -0.39 is 0 Å². The van der Waals surface area contributed by atoms with Gasteiger partial charge in [-0.25, -0.2) is 0 Å². The molecule has 1 heterocycles. The van der Waals surface area contributed by atoms with Gasteiger partial charge in [-0.1, -0.05) is 19.9 Å². The van der Waals surface area contributed by atoms with E-state index in [1.165, 1.54) is 0 Å². The number of methoxy groups -OCH3 is 1. The van der Waals surface area contributed by atoms with Gasteiger partial charge >= 0.3 is 0 Å². The van der Waals surface area contributed by atoms with Gasteiger partial charge in [0.1, 0.15) is 18.1 Å². The first-order valence-electron chi connectivity index (χ1n) is 7.19. The zero-order chi connectivity index (χ0) is 15.1. The van der Waals surface area contributed by atoms with Crippen molar-refractivity contribution in [2.24, 2.45) is 0 Å². The van der Waals surface area contributed by atoms with Crippen LogP contribution in [0.25, 0.3) is 0 Å². The molecule has 0 spiro atoms. The van der Waals surface area contributed by atoms with Gasteiger partial charge in [0.2, 0.25) is 0 Å². The molecule has 0 radical (unpaired) electrons. The van der Waals surface area contributed by atoms with Crippen molar-refractivity contribution in [2.75, 3.05) is 13.7 Å². The largest absolute Gasteiger partial charge is 0.497 e. The van der Waals surface area contributed by atoms with E-state index in [0.29, 0.717) is 12.6 Å².